The zero-order valence-electron chi connectivity index (χ0n) is 9.14. The van der Waals surface area contributed by atoms with Crippen LogP contribution in [-0.2, 0) is 0 Å². The number of pyridine rings is 1. The minimum atomic E-state index is -1.13. The summed E-state index contributed by atoms with van der Waals surface area (Å²) in [5.41, 5.74) is 1.44. The fourth-order valence-electron chi connectivity index (χ4n) is 1.54. The maximum Gasteiger partial charge on any atom is 0.354 e. The van der Waals surface area contributed by atoms with Crippen LogP contribution in [0.5, 0.6) is 0 Å². The molecular weight excluding hydrogens is 221 g/mol. The highest BCUT2D eigenvalue weighted by molar-refractivity contribution is 5.86. The number of aromatic carboxylic acids is 1. The Hall–Kier alpha value is -2.23. The summed E-state index contributed by atoms with van der Waals surface area (Å²) in [7, 11) is 0. The third kappa shape index (κ3) is 2.30. The minimum absolute atomic E-state index is 0.0941. The highest BCUT2D eigenvalue weighted by atomic mass is 19.1. The molecule has 1 aromatic heterocycles. The van der Waals surface area contributed by atoms with E-state index in [0.717, 1.165) is 5.56 Å². The van der Waals surface area contributed by atoms with Gasteiger partial charge < -0.3 is 5.11 Å². The summed E-state index contributed by atoms with van der Waals surface area (Å²) in [5, 5.41) is 8.82. The second-order valence-electron chi connectivity index (χ2n) is 3.70. The van der Waals surface area contributed by atoms with Crippen LogP contribution in [0.2, 0.25) is 0 Å². The molecule has 0 spiro atoms. The number of rotatable bonds is 2. The van der Waals surface area contributed by atoms with Gasteiger partial charge in [0.25, 0.3) is 0 Å². The first-order valence-corrected chi connectivity index (χ1v) is 5.05. The lowest BCUT2D eigenvalue weighted by atomic mass is 10.1. The van der Waals surface area contributed by atoms with E-state index in [0.29, 0.717) is 11.3 Å². The van der Waals surface area contributed by atoms with Crippen LogP contribution in [0.3, 0.4) is 0 Å². The van der Waals surface area contributed by atoms with Crippen LogP contribution in [0.25, 0.3) is 11.3 Å². The molecule has 1 N–H and O–H groups in total. The molecule has 0 bridgehead atoms. The summed E-state index contributed by atoms with van der Waals surface area (Å²) < 4.78 is 13.6. The minimum Gasteiger partial charge on any atom is -0.477 e. The molecule has 4 heteroatoms. The van der Waals surface area contributed by atoms with E-state index >= 15 is 0 Å². The summed E-state index contributed by atoms with van der Waals surface area (Å²) in [6.07, 6.45) is 0. The molecule has 86 valence electrons. The second kappa shape index (κ2) is 4.33. The Morgan fingerprint density at radius 1 is 1.29 bits per heavy atom. The maximum atomic E-state index is 13.6. The molecule has 17 heavy (non-hydrogen) atoms. The Kier molecular flexibility index (Phi) is 2.87. The molecule has 0 fully saturated rings. The molecule has 1 aromatic carbocycles. The quantitative estimate of drug-likeness (QED) is 0.864. The van der Waals surface area contributed by atoms with Crippen molar-refractivity contribution in [3.63, 3.8) is 0 Å². The molecule has 0 radical (unpaired) electrons. The Labute approximate surface area is 97.6 Å². The van der Waals surface area contributed by atoms with Crippen molar-refractivity contribution in [2.24, 2.45) is 0 Å². The number of benzene rings is 1. The van der Waals surface area contributed by atoms with Crippen LogP contribution in [0.1, 0.15) is 16.1 Å². The summed E-state index contributed by atoms with van der Waals surface area (Å²) in [5.74, 6) is -1.54. The highest BCUT2D eigenvalue weighted by Gasteiger charge is 2.10. The predicted molar refractivity (Wildman–Crippen MR) is 61.3 cm³/mol. The molecule has 3 nitrogen and oxygen atoms in total. The van der Waals surface area contributed by atoms with E-state index in [1.807, 2.05) is 6.92 Å². The van der Waals surface area contributed by atoms with Gasteiger partial charge in [0.1, 0.15) is 11.5 Å². The molecule has 0 atom stereocenters. The first-order valence-electron chi connectivity index (χ1n) is 5.05. The fourth-order valence-corrected chi connectivity index (χ4v) is 1.54. The van der Waals surface area contributed by atoms with Crippen molar-refractivity contribution in [1.82, 2.24) is 4.98 Å². The number of nitrogens with zero attached hydrogens (tertiary/aromatic N) is 1. The Bertz CT molecular complexity index is 581. The van der Waals surface area contributed by atoms with Crippen LogP contribution in [0.15, 0.2) is 36.4 Å². The molecule has 0 saturated heterocycles. The average Bonchev–Trinajstić information content (AvgIpc) is 2.32. The van der Waals surface area contributed by atoms with Crippen LogP contribution < -0.4 is 0 Å². The van der Waals surface area contributed by atoms with Gasteiger partial charge in [0.2, 0.25) is 0 Å². The van der Waals surface area contributed by atoms with Gasteiger partial charge in [0.05, 0.1) is 5.69 Å². The molecule has 0 unspecified atom stereocenters. The molecule has 2 aromatic rings. The molecule has 2 rings (SSSR count). The van der Waals surface area contributed by atoms with Gasteiger partial charge in [-0.25, -0.2) is 14.2 Å². The number of hydrogen-bond donors (Lipinski definition) is 1. The lowest BCUT2D eigenvalue weighted by Gasteiger charge is -2.04. The highest BCUT2D eigenvalue weighted by Crippen LogP contribution is 2.22. The maximum absolute atomic E-state index is 13.6. The molecule has 0 aliphatic rings. The SMILES string of the molecule is Cc1ccc(F)c(-c2cccc(C(=O)O)n2)c1. The summed E-state index contributed by atoms with van der Waals surface area (Å²) >= 11 is 0. The average molecular weight is 231 g/mol. The Morgan fingerprint density at radius 2 is 2.06 bits per heavy atom. The third-order valence-corrected chi connectivity index (χ3v) is 2.37. The van der Waals surface area contributed by atoms with Gasteiger partial charge in [-0.3, -0.25) is 0 Å². The number of carbonyl (C=O) groups is 1. The summed E-state index contributed by atoms with van der Waals surface area (Å²) in [6.45, 7) is 1.84. The van der Waals surface area contributed by atoms with E-state index in [9.17, 15) is 9.18 Å². The van der Waals surface area contributed by atoms with Crippen molar-refractivity contribution in [2.45, 2.75) is 6.92 Å². The van der Waals surface area contributed by atoms with E-state index in [1.54, 1.807) is 24.3 Å². The van der Waals surface area contributed by atoms with E-state index in [1.165, 1.54) is 12.1 Å². The molecule has 0 aliphatic carbocycles. The van der Waals surface area contributed by atoms with Crippen molar-refractivity contribution in [3.8, 4) is 11.3 Å². The zero-order chi connectivity index (χ0) is 12.4. The Balaban J connectivity index is 2.56. The first kappa shape index (κ1) is 11.3. The van der Waals surface area contributed by atoms with Crippen LogP contribution in [0.4, 0.5) is 4.39 Å². The predicted octanol–water partition coefficient (Wildman–Crippen LogP) is 2.89. The van der Waals surface area contributed by atoms with E-state index in [4.69, 9.17) is 5.11 Å². The van der Waals surface area contributed by atoms with Gasteiger partial charge >= 0.3 is 5.97 Å². The standard InChI is InChI=1S/C13H10FNO2/c1-8-5-6-10(14)9(7-8)11-3-2-4-12(15-11)13(16)17/h2-7H,1H3,(H,16,17). The summed E-state index contributed by atoms with van der Waals surface area (Å²) in [6, 6.07) is 9.15. The summed E-state index contributed by atoms with van der Waals surface area (Å²) in [4.78, 5) is 14.7. The normalized spacial score (nSPS) is 10.2. The van der Waals surface area contributed by atoms with E-state index in [-0.39, 0.29) is 5.69 Å². The fraction of sp³-hybridized carbons (Fsp3) is 0.0769. The van der Waals surface area contributed by atoms with Crippen molar-refractivity contribution >= 4 is 5.97 Å². The molecule has 1 heterocycles. The van der Waals surface area contributed by atoms with Gasteiger partial charge in [-0.1, -0.05) is 17.7 Å². The van der Waals surface area contributed by atoms with Crippen molar-refractivity contribution in [1.29, 1.82) is 0 Å². The number of halogens is 1. The number of carboxylic acids is 1. The van der Waals surface area contributed by atoms with E-state index in [2.05, 4.69) is 4.98 Å². The van der Waals surface area contributed by atoms with Gasteiger partial charge in [-0.05, 0) is 31.2 Å². The van der Waals surface area contributed by atoms with Crippen molar-refractivity contribution in [2.75, 3.05) is 0 Å². The van der Waals surface area contributed by atoms with Gasteiger partial charge in [-0.15, -0.1) is 0 Å². The molecule has 0 amide bonds. The van der Waals surface area contributed by atoms with Crippen LogP contribution >= 0.6 is 0 Å². The number of aromatic nitrogens is 1. The van der Waals surface area contributed by atoms with Gasteiger partial charge in [-0.2, -0.15) is 0 Å². The number of aryl methyl sites for hydroxylation is 1. The van der Waals surface area contributed by atoms with Crippen LogP contribution in [0, 0.1) is 12.7 Å². The lowest BCUT2D eigenvalue weighted by Crippen LogP contribution is -2.01. The molecular formula is C13H10FNO2. The monoisotopic (exact) mass is 231 g/mol. The third-order valence-electron chi connectivity index (χ3n) is 2.37. The van der Waals surface area contributed by atoms with Crippen molar-refractivity contribution in [3.05, 3.63) is 53.5 Å². The van der Waals surface area contributed by atoms with Gasteiger partial charge in [0.15, 0.2) is 0 Å². The number of hydrogen-bond acceptors (Lipinski definition) is 2. The number of carboxylic acid groups (broad SMARTS) is 1. The topological polar surface area (TPSA) is 50.2 Å². The molecule has 0 saturated carbocycles. The first-order chi connectivity index (χ1) is 8.08. The largest absolute Gasteiger partial charge is 0.477 e. The lowest BCUT2D eigenvalue weighted by molar-refractivity contribution is 0.0690. The van der Waals surface area contributed by atoms with E-state index < -0.39 is 11.8 Å². The Morgan fingerprint density at radius 3 is 2.76 bits per heavy atom. The van der Waals surface area contributed by atoms with Crippen molar-refractivity contribution < 1.29 is 14.3 Å². The van der Waals surface area contributed by atoms with Crippen LogP contribution in [-0.4, -0.2) is 16.1 Å². The zero-order valence-corrected chi connectivity index (χ0v) is 9.14. The molecule has 0 aliphatic heterocycles. The van der Waals surface area contributed by atoms with Gasteiger partial charge in [0, 0.05) is 5.56 Å². The smallest absolute Gasteiger partial charge is 0.354 e. The second-order valence-corrected chi connectivity index (χ2v) is 3.70.